The van der Waals surface area contributed by atoms with Crippen molar-refractivity contribution in [3.8, 4) is 16.3 Å². The van der Waals surface area contributed by atoms with Crippen LogP contribution in [0.3, 0.4) is 0 Å². The summed E-state index contributed by atoms with van der Waals surface area (Å²) < 4.78 is 1.57. The highest BCUT2D eigenvalue weighted by molar-refractivity contribution is 7.19. The molecule has 3 aromatic heterocycles. The van der Waals surface area contributed by atoms with E-state index in [0.717, 1.165) is 0 Å². The average molecular weight is 219 g/mol. The summed E-state index contributed by atoms with van der Waals surface area (Å²) in [5.74, 6) is 0.113. The zero-order valence-electron chi connectivity index (χ0n) is 7.40. The van der Waals surface area contributed by atoms with Gasteiger partial charge in [-0.15, -0.1) is 10.2 Å². The Hall–Kier alpha value is -2.02. The minimum atomic E-state index is 0.113. The molecule has 3 rings (SSSR count). The highest BCUT2D eigenvalue weighted by atomic mass is 32.1. The molecule has 74 valence electrons. The van der Waals surface area contributed by atoms with E-state index < -0.39 is 0 Å². The van der Waals surface area contributed by atoms with Crippen LogP contribution in [0.25, 0.3) is 15.5 Å². The Bertz CT molecular complexity index is 588. The van der Waals surface area contributed by atoms with Gasteiger partial charge in [0.25, 0.3) is 0 Å². The molecule has 0 spiro atoms. The Kier molecular flexibility index (Phi) is 1.65. The number of fused-ring (bicyclic) bond motifs is 1. The Morgan fingerprint density at radius 3 is 3.13 bits per heavy atom. The topological polar surface area (TPSA) is 76.2 Å². The monoisotopic (exact) mass is 219 g/mol. The summed E-state index contributed by atoms with van der Waals surface area (Å²) >= 11 is 1.36. The van der Waals surface area contributed by atoms with Gasteiger partial charge in [-0.3, -0.25) is 4.98 Å². The first-order valence-corrected chi connectivity index (χ1v) is 4.96. The molecule has 3 aromatic rings. The van der Waals surface area contributed by atoms with Crippen molar-refractivity contribution in [2.75, 3.05) is 0 Å². The van der Waals surface area contributed by atoms with Gasteiger partial charge >= 0.3 is 0 Å². The summed E-state index contributed by atoms with van der Waals surface area (Å²) in [4.78, 5) is 4.50. The first-order valence-electron chi connectivity index (χ1n) is 4.15. The SMILES string of the molecule is Oc1cnccc1-c1nn2cnnc2s1. The van der Waals surface area contributed by atoms with Gasteiger partial charge in [-0.05, 0) is 6.07 Å². The molecule has 0 aromatic carbocycles. The maximum absolute atomic E-state index is 9.59. The van der Waals surface area contributed by atoms with Gasteiger partial charge in [-0.1, -0.05) is 11.3 Å². The van der Waals surface area contributed by atoms with Crippen LogP contribution in [0.2, 0.25) is 0 Å². The van der Waals surface area contributed by atoms with Crippen LogP contribution in [-0.4, -0.2) is 29.9 Å². The minimum Gasteiger partial charge on any atom is -0.506 e. The van der Waals surface area contributed by atoms with E-state index in [9.17, 15) is 5.11 Å². The van der Waals surface area contributed by atoms with E-state index in [1.54, 1.807) is 16.8 Å². The Balaban J connectivity index is 2.22. The summed E-state index contributed by atoms with van der Waals surface area (Å²) in [5.41, 5.74) is 0.653. The predicted molar refractivity (Wildman–Crippen MR) is 53.6 cm³/mol. The van der Waals surface area contributed by atoms with Gasteiger partial charge in [0.1, 0.15) is 12.1 Å². The lowest BCUT2D eigenvalue weighted by Gasteiger charge is -1.96. The van der Waals surface area contributed by atoms with Gasteiger partial charge < -0.3 is 5.11 Å². The van der Waals surface area contributed by atoms with Crippen molar-refractivity contribution in [3.63, 3.8) is 0 Å². The zero-order valence-corrected chi connectivity index (χ0v) is 8.22. The van der Waals surface area contributed by atoms with E-state index in [1.165, 1.54) is 23.9 Å². The quantitative estimate of drug-likeness (QED) is 0.659. The van der Waals surface area contributed by atoms with Crippen molar-refractivity contribution in [2.45, 2.75) is 0 Å². The second-order valence-electron chi connectivity index (χ2n) is 2.86. The third-order valence-electron chi connectivity index (χ3n) is 1.92. The predicted octanol–water partition coefficient (Wildman–Crippen LogP) is 0.953. The smallest absolute Gasteiger partial charge is 0.234 e. The van der Waals surface area contributed by atoms with Gasteiger partial charge in [0, 0.05) is 6.20 Å². The summed E-state index contributed by atoms with van der Waals surface area (Å²) in [6, 6.07) is 1.71. The van der Waals surface area contributed by atoms with Crippen molar-refractivity contribution in [1.29, 1.82) is 0 Å². The van der Waals surface area contributed by atoms with Crippen LogP contribution in [0.15, 0.2) is 24.8 Å². The molecule has 0 aliphatic rings. The zero-order chi connectivity index (χ0) is 10.3. The number of aromatic hydroxyl groups is 1. The third-order valence-corrected chi connectivity index (χ3v) is 2.86. The summed E-state index contributed by atoms with van der Waals surface area (Å²) in [6.07, 6.45) is 4.52. The van der Waals surface area contributed by atoms with Crippen LogP contribution in [-0.2, 0) is 0 Å². The molecule has 1 N–H and O–H groups in total. The second kappa shape index (κ2) is 2.99. The fourth-order valence-electron chi connectivity index (χ4n) is 1.24. The lowest BCUT2D eigenvalue weighted by molar-refractivity contribution is 0.474. The number of nitrogens with zero attached hydrogens (tertiary/aromatic N) is 5. The van der Waals surface area contributed by atoms with E-state index in [0.29, 0.717) is 15.5 Å². The first-order chi connectivity index (χ1) is 7.34. The second-order valence-corrected chi connectivity index (χ2v) is 3.81. The van der Waals surface area contributed by atoms with Crippen LogP contribution in [0, 0.1) is 0 Å². The summed E-state index contributed by atoms with van der Waals surface area (Å²) in [6.45, 7) is 0. The number of hydrogen-bond acceptors (Lipinski definition) is 6. The van der Waals surface area contributed by atoms with Gasteiger partial charge in [0.2, 0.25) is 4.96 Å². The summed E-state index contributed by atoms with van der Waals surface area (Å²) in [7, 11) is 0. The molecule has 0 aliphatic carbocycles. The van der Waals surface area contributed by atoms with E-state index in [-0.39, 0.29) is 5.75 Å². The fraction of sp³-hybridized carbons (Fsp3) is 0. The molecule has 0 radical (unpaired) electrons. The van der Waals surface area contributed by atoms with E-state index in [2.05, 4.69) is 20.3 Å². The average Bonchev–Trinajstić information content (AvgIpc) is 2.77. The largest absolute Gasteiger partial charge is 0.506 e. The number of hydrogen-bond donors (Lipinski definition) is 1. The Morgan fingerprint density at radius 1 is 1.40 bits per heavy atom. The third kappa shape index (κ3) is 1.24. The molecule has 6 nitrogen and oxygen atoms in total. The number of pyridine rings is 1. The molecule has 0 fully saturated rings. The van der Waals surface area contributed by atoms with Crippen molar-refractivity contribution in [1.82, 2.24) is 24.8 Å². The standard InChI is InChI=1S/C8H5N5OS/c14-6-3-9-2-1-5(6)7-12-13-4-10-11-8(13)15-7/h1-4,14H. The van der Waals surface area contributed by atoms with Crippen LogP contribution in [0.1, 0.15) is 0 Å². The molecule has 7 heteroatoms. The van der Waals surface area contributed by atoms with Crippen LogP contribution in [0.5, 0.6) is 5.75 Å². The highest BCUT2D eigenvalue weighted by Gasteiger charge is 2.10. The Labute approximate surface area is 87.9 Å². The van der Waals surface area contributed by atoms with E-state index in [4.69, 9.17) is 0 Å². The van der Waals surface area contributed by atoms with Gasteiger partial charge in [-0.2, -0.15) is 9.61 Å². The lowest BCUT2D eigenvalue weighted by Crippen LogP contribution is -1.83. The molecular formula is C8H5N5OS. The number of aromatic nitrogens is 5. The molecule has 15 heavy (non-hydrogen) atoms. The van der Waals surface area contributed by atoms with E-state index >= 15 is 0 Å². The van der Waals surface area contributed by atoms with E-state index in [1.807, 2.05) is 0 Å². The highest BCUT2D eigenvalue weighted by Crippen LogP contribution is 2.30. The Morgan fingerprint density at radius 2 is 2.33 bits per heavy atom. The molecular weight excluding hydrogens is 214 g/mol. The molecule has 3 heterocycles. The van der Waals surface area contributed by atoms with Crippen molar-refractivity contribution in [3.05, 3.63) is 24.8 Å². The molecule has 0 aliphatic heterocycles. The maximum Gasteiger partial charge on any atom is 0.234 e. The number of rotatable bonds is 1. The fourth-order valence-corrected chi connectivity index (χ4v) is 2.09. The molecule has 0 atom stereocenters. The summed E-state index contributed by atoms with van der Waals surface area (Å²) in [5, 5.41) is 22.1. The van der Waals surface area contributed by atoms with Crippen LogP contribution in [0.4, 0.5) is 0 Å². The normalized spacial score (nSPS) is 10.9. The van der Waals surface area contributed by atoms with Gasteiger partial charge in [0.15, 0.2) is 5.01 Å². The van der Waals surface area contributed by atoms with Crippen molar-refractivity contribution < 1.29 is 5.11 Å². The van der Waals surface area contributed by atoms with Crippen molar-refractivity contribution in [2.24, 2.45) is 0 Å². The van der Waals surface area contributed by atoms with Crippen molar-refractivity contribution >= 4 is 16.3 Å². The maximum atomic E-state index is 9.59. The minimum absolute atomic E-state index is 0.113. The molecule has 0 bridgehead atoms. The molecule has 0 saturated carbocycles. The molecule has 0 unspecified atom stereocenters. The van der Waals surface area contributed by atoms with Crippen LogP contribution >= 0.6 is 11.3 Å². The lowest BCUT2D eigenvalue weighted by atomic mass is 10.2. The first kappa shape index (κ1) is 8.30. The molecule has 0 amide bonds. The van der Waals surface area contributed by atoms with Gasteiger partial charge in [0.05, 0.1) is 11.8 Å². The van der Waals surface area contributed by atoms with Gasteiger partial charge in [-0.25, -0.2) is 0 Å². The molecule has 0 saturated heterocycles. The van der Waals surface area contributed by atoms with Crippen LogP contribution < -0.4 is 0 Å².